The van der Waals surface area contributed by atoms with E-state index >= 15 is 0 Å². The van der Waals surface area contributed by atoms with E-state index in [4.69, 9.17) is 11.6 Å². The summed E-state index contributed by atoms with van der Waals surface area (Å²) in [5, 5.41) is 2.48. The fourth-order valence-electron chi connectivity index (χ4n) is 1.08. The molecule has 7 heteroatoms. The van der Waals surface area contributed by atoms with Crippen molar-refractivity contribution in [2.24, 2.45) is 0 Å². The summed E-state index contributed by atoms with van der Waals surface area (Å²) in [5.74, 6) is -1.23. The van der Waals surface area contributed by atoms with Gasteiger partial charge in [-0.05, 0) is 18.2 Å². The molecule has 0 radical (unpaired) electrons. The van der Waals surface area contributed by atoms with E-state index in [0.29, 0.717) is 0 Å². The Morgan fingerprint density at radius 1 is 1.47 bits per heavy atom. The molecule has 0 saturated heterocycles. The molecule has 0 aliphatic heterocycles. The van der Waals surface area contributed by atoms with Crippen molar-refractivity contribution in [2.75, 3.05) is 17.3 Å². The lowest BCUT2D eigenvalue weighted by Gasteiger charge is -2.06. The zero-order valence-corrected chi connectivity index (χ0v) is 10.6. The van der Waals surface area contributed by atoms with Crippen LogP contribution in [0.25, 0.3) is 0 Å². The van der Waals surface area contributed by atoms with Crippen LogP contribution in [0.4, 0.5) is 10.1 Å². The van der Waals surface area contributed by atoms with Gasteiger partial charge in [0.2, 0.25) is 5.91 Å². The zero-order valence-electron chi connectivity index (χ0n) is 9.04. The molecule has 0 bridgehead atoms. The molecule has 1 amide bonds. The topological polar surface area (TPSA) is 63.2 Å². The summed E-state index contributed by atoms with van der Waals surface area (Å²) in [6.07, 6.45) is 0.887. The number of anilines is 1. The lowest BCUT2D eigenvalue weighted by molar-refractivity contribution is -0.115. The number of nitrogens with one attached hydrogen (secondary N) is 1. The van der Waals surface area contributed by atoms with Gasteiger partial charge in [0.05, 0.1) is 16.5 Å². The maximum absolute atomic E-state index is 12.7. The second-order valence-corrected chi connectivity index (χ2v) is 6.22. The van der Waals surface area contributed by atoms with Crippen molar-refractivity contribution in [1.82, 2.24) is 0 Å². The molecule has 0 spiro atoms. The van der Waals surface area contributed by atoms with Crippen LogP contribution in [-0.2, 0) is 14.6 Å². The van der Waals surface area contributed by atoms with Crippen molar-refractivity contribution in [3.05, 3.63) is 29.0 Å². The average Bonchev–Trinajstić information content (AvgIpc) is 2.18. The first-order valence-electron chi connectivity index (χ1n) is 4.70. The number of amides is 1. The molecule has 0 fully saturated rings. The Bertz CT molecular complexity index is 530. The fraction of sp³-hybridized carbons (Fsp3) is 0.300. The first-order valence-corrected chi connectivity index (χ1v) is 7.14. The van der Waals surface area contributed by atoms with Gasteiger partial charge in [0, 0.05) is 12.7 Å². The summed E-state index contributed by atoms with van der Waals surface area (Å²) in [6, 6.07) is 3.53. The largest absolute Gasteiger partial charge is 0.325 e. The van der Waals surface area contributed by atoms with Crippen LogP contribution in [-0.4, -0.2) is 26.3 Å². The molecule has 0 saturated carbocycles. The molecule has 17 heavy (non-hydrogen) atoms. The molecule has 0 aliphatic carbocycles. The Morgan fingerprint density at radius 3 is 2.65 bits per heavy atom. The third kappa shape index (κ3) is 5.14. The average molecular weight is 280 g/mol. The summed E-state index contributed by atoms with van der Waals surface area (Å²) in [7, 11) is -3.18. The van der Waals surface area contributed by atoms with Gasteiger partial charge < -0.3 is 5.32 Å². The highest BCUT2D eigenvalue weighted by atomic mass is 35.5. The van der Waals surface area contributed by atoms with Crippen molar-refractivity contribution in [1.29, 1.82) is 0 Å². The highest BCUT2D eigenvalue weighted by molar-refractivity contribution is 7.90. The molecular formula is C10H11ClFNO3S. The van der Waals surface area contributed by atoms with Crippen molar-refractivity contribution in [3.8, 4) is 0 Å². The Hall–Kier alpha value is -1.14. The first kappa shape index (κ1) is 13.9. The van der Waals surface area contributed by atoms with E-state index < -0.39 is 21.6 Å². The monoisotopic (exact) mass is 279 g/mol. The molecule has 0 heterocycles. The number of hydrogen-bond donors (Lipinski definition) is 1. The fourth-order valence-corrected chi connectivity index (χ4v) is 1.85. The van der Waals surface area contributed by atoms with Crippen molar-refractivity contribution in [2.45, 2.75) is 6.42 Å². The van der Waals surface area contributed by atoms with Crippen LogP contribution >= 0.6 is 11.6 Å². The minimum Gasteiger partial charge on any atom is -0.325 e. The minimum absolute atomic E-state index is 0.0673. The van der Waals surface area contributed by atoms with E-state index in [1.54, 1.807) is 0 Å². The van der Waals surface area contributed by atoms with Crippen molar-refractivity contribution >= 4 is 33.0 Å². The molecule has 0 unspecified atom stereocenters. The van der Waals surface area contributed by atoms with Gasteiger partial charge in [0.1, 0.15) is 15.7 Å². The van der Waals surface area contributed by atoms with Crippen LogP contribution in [0.1, 0.15) is 6.42 Å². The smallest absolute Gasteiger partial charge is 0.225 e. The number of carbonyl (C=O) groups is 1. The number of hydrogen-bond acceptors (Lipinski definition) is 3. The van der Waals surface area contributed by atoms with Gasteiger partial charge >= 0.3 is 0 Å². The molecule has 0 atom stereocenters. The number of halogens is 2. The molecule has 0 aliphatic rings. The zero-order chi connectivity index (χ0) is 13.1. The Labute approximate surface area is 104 Å². The molecule has 1 aromatic rings. The second kappa shape index (κ2) is 5.46. The lowest BCUT2D eigenvalue weighted by atomic mass is 10.3. The van der Waals surface area contributed by atoms with Crippen LogP contribution in [0.15, 0.2) is 18.2 Å². The van der Waals surface area contributed by atoms with E-state index in [1.165, 1.54) is 6.07 Å². The van der Waals surface area contributed by atoms with Gasteiger partial charge in [0.15, 0.2) is 0 Å². The Morgan fingerprint density at radius 2 is 2.12 bits per heavy atom. The van der Waals surface area contributed by atoms with Gasteiger partial charge in [0.25, 0.3) is 0 Å². The van der Waals surface area contributed by atoms with Gasteiger partial charge in [-0.1, -0.05) is 11.6 Å². The first-order chi connectivity index (χ1) is 7.78. The molecule has 1 rings (SSSR count). The van der Waals surface area contributed by atoms with Crippen LogP contribution in [0.2, 0.25) is 5.02 Å². The number of carbonyl (C=O) groups excluding carboxylic acids is 1. The quantitative estimate of drug-likeness (QED) is 0.915. The standard InChI is InChI=1S/C10H11ClFNO3S/c1-17(15,16)5-4-10(14)13-9-3-2-7(12)6-8(9)11/h2-3,6H,4-5H2,1H3,(H,13,14). The van der Waals surface area contributed by atoms with Gasteiger partial charge in [-0.25, -0.2) is 12.8 Å². The van der Waals surface area contributed by atoms with E-state index in [9.17, 15) is 17.6 Å². The van der Waals surface area contributed by atoms with E-state index in [0.717, 1.165) is 18.4 Å². The maximum Gasteiger partial charge on any atom is 0.225 e. The molecule has 1 aromatic carbocycles. The van der Waals surface area contributed by atoms with Gasteiger partial charge in [-0.3, -0.25) is 4.79 Å². The van der Waals surface area contributed by atoms with Crippen molar-refractivity contribution < 1.29 is 17.6 Å². The Balaban J connectivity index is 2.62. The highest BCUT2D eigenvalue weighted by Gasteiger charge is 2.10. The second-order valence-electron chi connectivity index (χ2n) is 3.55. The Kier molecular flexibility index (Phi) is 4.47. The summed E-state index contributed by atoms with van der Waals surface area (Å²) >= 11 is 5.69. The van der Waals surface area contributed by atoms with Gasteiger partial charge in [-0.2, -0.15) is 0 Å². The van der Waals surface area contributed by atoms with Crippen LogP contribution < -0.4 is 5.32 Å². The summed E-state index contributed by atoms with van der Waals surface area (Å²) in [5.41, 5.74) is 0.256. The van der Waals surface area contributed by atoms with Crippen LogP contribution in [0, 0.1) is 5.82 Å². The number of rotatable bonds is 4. The SMILES string of the molecule is CS(=O)(=O)CCC(=O)Nc1ccc(F)cc1Cl. The van der Waals surface area contributed by atoms with E-state index in [-0.39, 0.29) is 22.9 Å². The van der Waals surface area contributed by atoms with E-state index in [2.05, 4.69) is 5.32 Å². The third-order valence-corrected chi connectivity index (χ3v) is 3.16. The minimum atomic E-state index is -3.18. The maximum atomic E-state index is 12.7. The summed E-state index contributed by atoms with van der Waals surface area (Å²) < 4.78 is 34.4. The highest BCUT2D eigenvalue weighted by Crippen LogP contribution is 2.22. The molecule has 94 valence electrons. The molecule has 1 N–H and O–H groups in total. The van der Waals surface area contributed by atoms with Crippen LogP contribution in [0.5, 0.6) is 0 Å². The van der Waals surface area contributed by atoms with Gasteiger partial charge in [-0.15, -0.1) is 0 Å². The summed E-state index contributed by atoms with van der Waals surface area (Å²) in [4.78, 5) is 11.4. The number of sulfone groups is 1. The predicted octanol–water partition coefficient (Wildman–Crippen LogP) is 1.85. The normalized spacial score (nSPS) is 11.2. The summed E-state index contributed by atoms with van der Waals surface area (Å²) in [6.45, 7) is 0. The van der Waals surface area contributed by atoms with Crippen molar-refractivity contribution in [3.63, 3.8) is 0 Å². The van der Waals surface area contributed by atoms with Crippen LogP contribution in [0.3, 0.4) is 0 Å². The third-order valence-electron chi connectivity index (χ3n) is 1.91. The molecular weight excluding hydrogens is 269 g/mol. The number of benzene rings is 1. The molecule has 0 aromatic heterocycles. The predicted molar refractivity (Wildman–Crippen MR) is 64.4 cm³/mol. The molecule has 4 nitrogen and oxygen atoms in total. The van der Waals surface area contributed by atoms with E-state index in [1.807, 2.05) is 0 Å². The lowest BCUT2D eigenvalue weighted by Crippen LogP contribution is -2.16.